The standard InChI is InChI=1S/C10H15NO/c1-8(2)7-12-10-5-4-9(3)6-11-10/h4-6,8H,7H2,1-3H3. The molecule has 1 aromatic heterocycles. The average Bonchev–Trinajstić information content (AvgIpc) is 2.03. The second-order valence-electron chi connectivity index (χ2n) is 3.38. The Morgan fingerprint density at radius 2 is 2.17 bits per heavy atom. The lowest BCUT2D eigenvalue weighted by Crippen LogP contribution is -2.05. The number of pyridine rings is 1. The number of hydrogen-bond acceptors (Lipinski definition) is 2. The molecule has 0 unspecified atom stereocenters. The summed E-state index contributed by atoms with van der Waals surface area (Å²) in [6.45, 7) is 6.98. The second-order valence-corrected chi connectivity index (χ2v) is 3.38. The van der Waals surface area contributed by atoms with Gasteiger partial charge >= 0.3 is 0 Å². The summed E-state index contributed by atoms with van der Waals surface area (Å²) >= 11 is 0. The van der Waals surface area contributed by atoms with Crippen molar-refractivity contribution in [2.24, 2.45) is 5.92 Å². The van der Waals surface area contributed by atoms with Crippen LogP contribution in [-0.4, -0.2) is 11.6 Å². The Labute approximate surface area is 73.6 Å². The monoisotopic (exact) mass is 165 g/mol. The fourth-order valence-corrected chi connectivity index (χ4v) is 0.792. The molecule has 0 amide bonds. The summed E-state index contributed by atoms with van der Waals surface area (Å²) in [4.78, 5) is 4.13. The maximum atomic E-state index is 5.41. The van der Waals surface area contributed by atoms with Crippen LogP contribution in [0.4, 0.5) is 0 Å². The maximum Gasteiger partial charge on any atom is 0.213 e. The van der Waals surface area contributed by atoms with Crippen LogP contribution >= 0.6 is 0 Å². The van der Waals surface area contributed by atoms with Gasteiger partial charge in [0, 0.05) is 12.3 Å². The number of nitrogens with zero attached hydrogens (tertiary/aromatic N) is 1. The van der Waals surface area contributed by atoms with Gasteiger partial charge in [-0.1, -0.05) is 19.9 Å². The maximum absolute atomic E-state index is 5.41. The molecular formula is C10H15NO. The number of ether oxygens (including phenoxy) is 1. The normalized spacial score (nSPS) is 10.3. The van der Waals surface area contributed by atoms with Gasteiger partial charge < -0.3 is 4.74 Å². The summed E-state index contributed by atoms with van der Waals surface area (Å²) in [7, 11) is 0. The van der Waals surface area contributed by atoms with Crippen molar-refractivity contribution < 1.29 is 4.74 Å². The minimum Gasteiger partial charge on any atom is -0.477 e. The van der Waals surface area contributed by atoms with Gasteiger partial charge in [-0.15, -0.1) is 0 Å². The van der Waals surface area contributed by atoms with Crippen molar-refractivity contribution in [3.8, 4) is 5.88 Å². The zero-order chi connectivity index (χ0) is 8.97. The largest absolute Gasteiger partial charge is 0.477 e. The first-order chi connectivity index (χ1) is 5.68. The molecule has 66 valence electrons. The molecule has 0 fully saturated rings. The van der Waals surface area contributed by atoms with E-state index in [9.17, 15) is 0 Å². The lowest BCUT2D eigenvalue weighted by molar-refractivity contribution is 0.261. The molecule has 0 aliphatic heterocycles. The zero-order valence-electron chi connectivity index (χ0n) is 7.87. The van der Waals surface area contributed by atoms with Crippen LogP contribution < -0.4 is 4.74 Å². The molecule has 0 saturated heterocycles. The molecule has 1 rings (SSSR count). The van der Waals surface area contributed by atoms with E-state index in [1.807, 2.05) is 25.3 Å². The summed E-state index contributed by atoms with van der Waals surface area (Å²) in [5.41, 5.74) is 1.16. The van der Waals surface area contributed by atoms with Crippen LogP contribution in [0.1, 0.15) is 19.4 Å². The number of aryl methyl sites for hydroxylation is 1. The Balaban J connectivity index is 2.48. The van der Waals surface area contributed by atoms with Crippen LogP contribution in [0, 0.1) is 12.8 Å². The number of rotatable bonds is 3. The van der Waals surface area contributed by atoms with Crippen LogP contribution in [0.25, 0.3) is 0 Å². The van der Waals surface area contributed by atoms with Crippen molar-refractivity contribution in [3.63, 3.8) is 0 Å². The molecule has 0 aliphatic rings. The van der Waals surface area contributed by atoms with E-state index in [1.165, 1.54) is 0 Å². The molecule has 1 aromatic rings. The van der Waals surface area contributed by atoms with E-state index in [0.29, 0.717) is 11.8 Å². The third-order valence-electron chi connectivity index (χ3n) is 1.45. The molecule has 0 atom stereocenters. The molecular weight excluding hydrogens is 150 g/mol. The summed E-state index contributed by atoms with van der Waals surface area (Å²) in [5, 5.41) is 0. The van der Waals surface area contributed by atoms with Crippen molar-refractivity contribution in [2.75, 3.05) is 6.61 Å². The third kappa shape index (κ3) is 2.91. The highest BCUT2D eigenvalue weighted by atomic mass is 16.5. The van der Waals surface area contributed by atoms with Gasteiger partial charge in [0.1, 0.15) is 0 Å². The van der Waals surface area contributed by atoms with E-state index in [4.69, 9.17) is 4.74 Å². The first kappa shape index (κ1) is 9.04. The molecule has 0 aliphatic carbocycles. The van der Waals surface area contributed by atoms with Gasteiger partial charge in [0.05, 0.1) is 6.61 Å². The Hall–Kier alpha value is -1.05. The molecule has 1 heterocycles. The summed E-state index contributed by atoms with van der Waals surface area (Å²) in [5.74, 6) is 1.27. The van der Waals surface area contributed by atoms with Crippen molar-refractivity contribution in [1.29, 1.82) is 0 Å². The fraction of sp³-hybridized carbons (Fsp3) is 0.500. The third-order valence-corrected chi connectivity index (χ3v) is 1.45. The minimum absolute atomic E-state index is 0.549. The lowest BCUT2D eigenvalue weighted by atomic mass is 10.2. The van der Waals surface area contributed by atoms with Crippen LogP contribution in [0.3, 0.4) is 0 Å². The topological polar surface area (TPSA) is 22.1 Å². The highest BCUT2D eigenvalue weighted by Crippen LogP contribution is 2.07. The van der Waals surface area contributed by atoms with Crippen LogP contribution in [-0.2, 0) is 0 Å². The average molecular weight is 165 g/mol. The molecule has 0 bridgehead atoms. The molecule has 0 aromatic carbocycles. The predicted molar refractivity (Wildman–Crippen MR) is 49.3 cm³/mol. The van der Waals surface area contributed by atoms with Crippen LogP contribution in [0.15, 0.2) is 18.3 Å². The molecule has 12 heavy (non-hydrogen) atoms. The van der Waals surface area contributed by atoms with E-state index < -0.39 is 0 Å². The lowest BCUT2D eigenvalue weighted by Gasteiger charge is -2.06. The smallest absolute Gasteiger partial charge is 0.213 e. The fourth-order valence-electron chi connectivity index (χ4n) is 0.792. The Morgan fingerprint density at radius 1 is 1.42 bits per heavy atom. The van der Waals surface area contributed by atoms with Crippen LogP contribution in [0.5, 0.6) is 5.88 Å². The van der Waals surface area contributed by atoms with Crippen molar-refractivity contribution in [1.82, 2.24) is 4.98 Å². The van der Waals surface area contributed by atoms with E-state index in [2.05, 4.69) is 18.8 Å². The summed E-state index contributed by atoms with van der Waals surface area (Å²) in [6.07, 6.45) is 1.82. The molecule has 0 spiro atoms. The second kappa shape index (κ2) is 4.10. The predicted octanol–water partition coefficient (Wildman–Crippen LogP) is 2.42. The molecule has 0 N–H and O–H groups in total. The van der Waals surface area contributed by atoms with Gasteiger partial charge in [-0.3, -0.25) is 0 Å². The quantitative estimate of drug-likeness (QED) is 0.686. The number of hydrogen-bond donors (Lipinski definition) is 0. The van der Waals surface area contributed by atoms with Gasteiger partial charge in [-0.05, 0) is 18.4 Å². The summed E-state index contributed by atoms with van der Waals surface area (Å²) < 4.78 is 5.41. The minimum atomic E-state index is 0.549. The first-order valence-electron chi connectivity index (χ1n) is 4.24. The van der Waals surface area contributed by atoms with Gasteiger partial charge in [-0.25, -0.2) is 4.98 Å². The zero-order valence-corrected chi connectivity index (χ0v) is 7.87. The number of aromatic nitrogens is 1. The van der Waals surface area contributed by atoms with E-state index >= 15 is 0 Å². The van der Waals surface area contributed by atoms with Crippen LogP contribution in [0.2, 0.25) is 0 Å². The van der Waals surface area contributed by atoms with Gasteiger partial charge in [-0.2, -0.15) is 0 Å². The van der Waals surface area contributed by atoms with Crippen molar-refractivity contribution >= 4 is 0 Å². The Morgan fingerprint density at radius 3 is 2.67 bits per heavy atom. The highest BCUT2D eigenvalue weighted by molar-refractivity contribution is 5.16. The highest BCUT2D eigenvalue weighted by Gasteiger charge is 1.96. The van der Waals surface area contributed by atoms with Gasteiger partial charge in [0.2, 0.25) is 5.88 Å². The van der Waals surface area contributed by atoms with E-state index in [0.717, 1.165) is 12.2 Å². The molecule has 2 heteroatoms. The van der Waals surface area contributed by atoms with Gasteiger partial charge in [0.15, 0.2) is 0 Å². The first-order valence-corrected chi connectivity index (χ1v) is 4.24. The molecule has 2 nitrogen and oxygen atoms in total. The Bertz CT molecular complexity index is 228. The van der Waals surface area contributed by atoms with E-state index in [-0.39, 0.29) is 0 Å². The van der Waals surface area contributed by atoms with Gasteiger partial charge in [0.25, 0.3) is 0 Å². The SMILES string of the molecule is Cc1ccc(OCC(C)C)nc1. The van der Waals surface area contributed by atoms with E-state index in [1.54, 1.807) is 0 Å². The summed E-state index contributed by atoms with van der Waals surface area (Å²) in [6, 6.07) is 3.90. The Kier molecular flexibility index (Phi) is 3.09. The molecule has 0 saturated carbocycles. The molecule has 0 radical (unpaired) electrons. The van der Waals surface area contributed by atoms with Crippen molar-refractivity contribution in [3.05, 3.63) is 23.9 Å². The van der Waals surface area contributed by atoms with Crippen molar-refractivity contribution in [2.45, 2.75) is 20.8 Å².